The summed E-state index contributed by atoms with van der Waals surface area (Å²) in [6.45, 7) is 0.610. The van der Waals surface area contributed by atoms with Gasteiger partial charge in [0.1, 0.15) is 11.3 Å². The van der Waals surface area contributed by atoms with Gasteiger partial charge in [-0.3, -0.25) is 4.79 Å². The molecule has 0 saturated heterocycles. The van der Waals surface area contributed by atoms with E-state index in [9.17, 15) is 4.79 Å². The first kappa shape index (κ1) is 13.8. The maximum absolute atomic E-state index is 12.4. The van der Waals surface area contributed by atoms with Gasteiger partial charge in [0, 0.05) is 24.4 Å². The van der Waals surface area contributed by atoms with Crippen LogP contribution in [0.1, 0.15) is 25.0 Å². The summed E-state index contributed by atoms with van der Waals surface area (Å²) in [6.07, 6.45) is 4.23. The molecule has 4 heteroatoms. The highest BCUT2D eigenvalue weighted by Crippen LogP contribution is 2.47. The van der Waals surface area contributed by atoms with Crippen LogP contribution >= 0.6 is 0 Å². The number of benzene rings is 1. The Kier molecular flexibility index (Phi) is 3.41. The quantitative estimate of drug-likeness (QED) is 0.911. The number of rotatable bonds is 4. The molecule has 22 heavy (non-hydrogen) atoms. The first-order valence-corrected chi connectivity index (χ1v) is 8.23. The second-order valence-corrected chi connectivity index (χ2v) is 6.73. The summed E-state index contributed by atoms with van der Waals surface area (Å²) in [6, 6.07) is 10.1. The second kappa shape index (κ2) is 5.43. The molecule has 4 rings (SSSR count). The van der Waals surface area contributed by atoms with E-state index < -0.39 is 0 Å². The minimum absolute atomic E-state index is 0.0226. The highest BCUT2D eigenvalue weighted by molar-refractivity contribution is 5.80. The molecule has 1 amide bonds. The second-order valence-electron chi connectivity index (χ2n) is 6.73. The zero-order valence-corrected chi connectivity index (χ0v) is 12.6. The lowest BCUT2D eigenvalue weighted by Crippen LogP contribution is -2.45. The van der Waals surface area contributed by atoms with Crippen molar-refractivity contribution in [1.29, 1.82) is 0 Å². The number of nitrogens with two attached hydrogens (primary N) is 1. The van der Waals surface area contributed by atoms with Crippen molar-refractivity contribution in [3.05, 3.63) is 36.1 Å². The van der Waals surface area contributed by atoms with Crippen molar-refractivity contribution in [1.82, 2.24) is 5.32 Å². The summed E-state index contributed by atoms with van der Waals surface area (Å²) in [5.74, 6) is 2.14. The van der Waals surface area contributed by atoms with Gasteiger partial charge >= 0.3 is 0 Å². The van der Waals surface area contributed by atoms with E-state index in [2.05, 4.69) is 5.32 Å². The Hall–Kier alpha value is -1.81. The van der Waals surface area contributed by atoms with Crippen LogP contribution in [0.25, 0.3) is 11.0 Å². The highest BCUT2D eigenvalue weighted by Gasteiger charge is 2.48. The molecule has 2 aromatic rings. The Morgan fingerprint density at radius 1 is 1.27 bits per heavy atom. The minimum Gasteiger partial charge on any atom is -0.461 e. The predicted molar refractivity (Wildman–Crippen MR) is 85.2 cm³/mol. The third kappa shape index (κ3) is 2.31. The lowest BCUT2D eigenvalue weighted by atomic mass is 9.84. The van der Waals surface area contributed by atoms with Crippen molar-refractivity contribution in [3.8, 4) is 0 Å². The van der Waals surface area contributed by atoms with Crippen LogP contribution in [0.4, 0.5) is 0 Å². The smallest absolute Gasteiger partial charge is 0.224 e. The molecule has 1 heterocycles. The number of furan rings is 1. The molecule has 4 unspecified atom stereocenters. The summed E-state index contributed by atoms with van der Waals surface area (Å²) in [5.41, 5.74) is 7.12. The Morgan fingerprint density at radius 2 is 2.09 bits per heavy atom. The summed E-state index contributed by atoms with van der Waals surface area (Å²) < 4.78 is 5.77. The largest absolute Gasteiger partial charge is 0.461 e. The molecule has 0 aliphatic heterocycles. The first-order valence-electron chi connectivity index (χ1n) is 8.23. The van der Waals surface area contributed by atoms with Crippen LogP contribution in [0.3, 0.4) is 0 Å². The van der Waals surface area contributed by atoms with Gasteiger partial charge in [-0.2, -0.15) is 0 Å². The number of fused-ring (bicyclic) bond motifs is 3. The molecule has 2 aliphatic rings. The van der Waals surface area contributed by atoms with Crippen LogP contribution in [0.2, 0.25) is 0 Å². The van der Waals surface area contributed by atoms with Crippen molar-refractivity contribution < 1.29 is 9.21 Å². The fourth-order valence-electron chi connectivity index (χ4n) is 4.31. The fourth-order valence-corrected chi connectivity index (χ4v) is 4.31. The van der Waals surface area contributed by atoms with Crippen molar-refractivity contribution in [2.75, 3.05) is 6.54 Å². The molecule has 2 aliphatic carbocycles. The SMILES string of the molecule is NC1C2CCC(C2)C1C(=O)NCCc1cc2ccccc2o1. The zero-order valence-electron chi connectivity index (χ0n) is 12.6. The number of nitrogens with one attached hydrogen (secondary N) is 1. The van der Waals surface area contributed by atoms with Crippen LogP contribution in [0.15, 0.2) is 34.7 Å². The average molecular weight is 298 g/mol. The monoisotopic (exact) mass is 298 g/mol. The molecule has 4 atom stereocenters. The summed E-state index contributed by atoms with van der Waals surface area (Å²) in [5, 5.41) is 4.16. The van der Waals surface area contributed by atoms with Crippen LogP contribution < -0.4 is 11.1 Å². The van der Waals surface area contributed by atoms with E-state index in [1.165, 1.54) is 12.8 Å². The van der Waals surface area contributed by atoms with E-state index in [-0.39, 0.29) is 17.9 Å². The van der Waals surface area contributed by atoms with Gasteiger partial charge in [-0.25, -0.2) is 0 Å². The maximum atomic E-state index is 12.4. The molecule has 2 bridgehead atoms. The van der Waals surface area contributed by atoms with Gasteiger partial charge in [-0.1, -0.05) is 18.2 Å². The fraction of sp³-hybridized carbons (Fsp3) is 0.500. The van der Waals surface area contributed by atoms with E-state index in [0.29, 0.717) is 18.4 Å². The summed E-state index contributed by atoms with van der Waals surface area (Å²) in [4.78, 5) is 12.4. The van der Waals surface area contributed by atoms with Gasteiger partial charge in [0.25, 0.3) is 0 Å². The van der Waals surface area contributed by atoms with Gasteiger partial charge in [0.05, 0.1) is 5.92 Å². The molecule has 1 aromatic heterocycles. The molecule has 0 radical (unpaired) electrons. The molecular weight excluding hydrogens is 276 g/mol. The predicted octanol–water partition coefficient (Wildman–Crippen LogP) is 2.46. The third-order valence-corrected chi connectivity index (χ3v) is 5.43. The van der Waals surface area contributed by atoms with Crippen molar-refractivity contribution in [2.45, 2.75) is 31.7 Å². The van der Waals surface area contributed by atoms with E-state index in [4.69, 9.17) is 10.2 Å². The van der Waals surface area contributed by atoms with Crippen LogP contribution in [-0.2, 0) is 11.2 Å². The Morgan fingerprint density at radius 3 is 2.86 bits per heavy atom. The Labute approximate surface area is 130 Å². The molecule has 116 valence electrons. The highest BCUT2D eigenvalue weighted by atomic mass is 16.3. The third-order valence-electron chi connectivity index (χ3n) is 5.43. The van der Waals surface area contributed by atoms with E-state index in [0.717, 1.165) is 29.6 Å². The van der Waals surface area contributed by atoms with Crippen molar-refractivity contribution in [2.24, 2.45) is 23.5 Å². The lowest BCUT2D eigenvalue weighted by molar-refractivity contribution is -0.127. The molecule has 2 fully saturated rings. The van der Waals surface area contributed by atoms with E-state index in [1.54, 1.807) is 0 Å². The Bertz CT molecular complexity index is 658. The minimum atomic E-state index is 0.0226. The summed E-state index contributed by atoms with van der Waals surface area (Å²) >= 11 is 0. The molecule has 0 spiro atoms. The van der Waals surface area contributed by atoms with Crippen LogP contribution in [0, 0.1) is 17.8 Å². The number of hydrogen-bond donors (Lipinski definition) is 2. The van der Waals surface area contributed by atoms with Gasteiger partial charge in [0.2, 0.25) is 5.91 Å². The van der Waals surface area contributed by atoms with Gasteiger partial charge in [-0.15, -0.1) is 0 Å². The topological polar surface area (TPSA) is 68.3 Å². The van der Waals surface area contributed by atoms with Crippen molar-refractivity contribution >= 4 is 16.9 Å². The molecule has 1 aromatic carbocycles. The molecule has 2 saturated carbocycles. The van der Waals surface area contributed by atoms with Gasteiger partial charge in [0.15, 0.2) is 0 Å². The number of carbonyl (C=O) groups excluding carboxylic acids is 1. The lowest BCUT2D eigenvalue weighted by Gasteiger charge is -2.26. The average Bonchev–Trinajstić information content (AvgIpc) is 3.19. The Balaban J connectivity index is 1.34. The van der Waals surface area contributed by atoms with Crippen LogP contribution in [0.5, 0.6) is 0 Å². The van der Waals surface area contributed by atoms with Gasteiger partial charge in [-0.05, 0) is 43.2 Å². The maximum Gasteiger partial charge on any atom is 0.224 e. The number of para-hydroxylation sites is 1. The van der Waals surface area contributed by atoms with E-state index >= 15 is 0 Å². The first-order chi connectivity index (χ1) is 10.7. The zero-order chi connectivity index (χ0) is 15.1. The number of amides is 1. The number of carbonyl (C=O) groups is 1. The van der Waals surface area contributed by atoms with E-state index in [1.807, 2.05) is 30.3 Å². The van der Waals surface area contributed by atoms with Crippen molar-refractivity contribution in [3.63, 3.8) is 0 Å². The molecule has 4 nitrogen and oxygen atoms in total. The van der Waals surface area contributed by atoms with Gasteiger partial charge < -0.3 is 15.5 Å². The summed E-state index contributed by atoms with van der Waals surface area (Å²) in [7, 11) is 0. The molecule has 3 N–H and O–H groups in total. The van der Waals surface area contributed by atoms with Crippen LogP contribution in [-0.4, -0.2) is 18.5 Å². The normalized spacial score (nSPS) is 30.0. The molecular formula is C18H22N2O2. The number of hydrogen-bond acceptors (Lipinski definition) is 3. The standard InChI is InChI=1S/C18H22N2O2/c19-17-13-6-5-12(9-13)16(17)18(21)20-8-7-14-10-11-3-1-2-4-15(11)22-14/h1-4,10,12-13,16-17H,5-9,19H2,(H,20,21).